The number of hydrogen-bond donors (Lipinski definition) is 1. The normalized spacial score (nSPS) is 11.5. The van der Waals surface area contributed by atoms with Gasteiger partial charge in [0.2, 0.25) is 10.0 Å². The summed E-state index contributed by atoms with van der Waals surface area (Å²) in [4.78, 5) is 12.9. The summed E-state index contributed by atoms with van der Waals surface area (Å²) in [7, 11) is -2.08. The molecule has 0 aliphatic heterocycles. The number of rotatable bonds is 7. The third-order valence-corrected chi connectivity index (χ3v) is 7.25. The molecule has 1 heterocycles. The number of carbonyl (C=O) groups is 1. The van der Waals surface area contributed by atoms with Gasteiger partial charge in [-0.15, -0.1) is 11.3 Å². The summed E-state index contributed by atoms with van der Waals surface area (Å²) in [5.74, 6) is -0.316. The second-order valence-electron chi connectivity index (χ2n) is 6.53. The molecule has 146 valence electrons. The van der Waals surface area contributed by atoms with Crippen LogP contribution in [0.1, 0.15) is 20.8 Å². The third-order valence-electron chi connectivity index (χ3n) is 4.34. The minimum atomic E-state index is -3.64. The van der Waals surface area contributed by atoms with E-state index in [1.807, 2.05) is 55.5 Å². The summed E-state index contributed by atoms with van der Waals surface area (Å²) in [6, 6.07) is 18.6. The highest BCUT2D eigenvalue weighted by atomic mass is 32.2. The lowest BCUT2D eigenvalue weighted by atomic mass is 10.2. The zero-order chi connectivity index (χ0) is 20.1. The van der Waals surface area contributed by atoms with Crippen LogP contribution in [0, 0.1) is 6.92 Å². The summed E-state index contributed by atoms with van der Waals surface area (Å²) in [5.41, 5.74) is 2.79. The Morgan fingerprint density at radius 1 is 1.07 bits per heavy atom. The van der Waals surface area contributed by atoms with E-state index in [1.165, 1.54) is 15.8 Å². The van der Waals surface area contributed by atoms with E-state index in [4.69, 9.17) is 0 Å². The first-order chi connectivity index (χ1) is 13.4. The minimum Gasteiger partial charge on any atom is -0.321 e. The number of thiophene rings is 1. The average Bonchev–Trinajstić information content (AvgIpc) is 3.18. The number of sulfonamides is 1. The molecular formula is C21H22N2O3S2. The van der Waals surface area contributed by atoms with Crippen molar-refractivity contribution in [3.05, 3.63) is 82.0 Å². The van der Waals surface area contributed by atoms with Gasteiger partial charge in [0.1, 0.15) is 0 Å². The van der Waals surface area contributed by atoms with Crippen LogP contribution in [0.15, 0.2) is 70.9 Å². The van der Waals surface area contributed by atoms with Gasteiger partial charge in [0.25, 0.3) is 5.91 Å². The Kier molecular flexibility index (Phi) is 6.28. The molecule has 0 aliphatic rings. The molecule has 1 amide bonds. The van der Waals surface area contributed by atoms with E-state index >= 15 is 0 Å². The quantitative estimate of drug-likeness (QED) is 0.631. The van der Waals surface area contributed by atoms with Gasteiger partial charge in [-0.05, 0) is 42.7 Å². The molecule has 3 rings (SSSR count). The monoisotopic (exact) mass is 414 g/mol. The van der Waals surface area contributed by atoms with Crippen molar-refractivity contribution in [3.8, 4) is 0 Å². The van der Waals surface area contributed by atoms with Crippen molar-refractivity contribution in [2.75, 3.05) is 18.9 Å². The summed E-state index contributed by atoms with van der Waals surface area (Å²) in [5, 5.41) is 4.32. The summed E-state index contributed by atoms with van der Waals surface area (Å²) >= 11 is 1.12. The maximum absolute atomic E-state index is 12.8. The standard InChI is InChI=1S/C21H22N2O3S2/c1-16-7-6-10-18(13-16)22-21(24)20-14-19(15-27-20)28(25,26)23(2)12-11-17-8-4-3-5-9-17/h3-10,13-15H,11-12H2,1-2H3,(H,22,24). The molecule has 1 N–H and O–H groups in total. The van der Waals surface area contributed by atoms with Crippen LogP contribution < -0.4 is 5.32 Å². The molecule has 0 saturated carbocycles. The van der Waals surface area contributed by atoms with Gasteiger partial charge < -0.3 is 5.32 Å². The fraction of sp³-hybridized carbons (Fsp3) is 0.190. The summed E-state index contributed by atoms with van der Waals surface area (Å²) in [6.07, 6.45) is 0.626. The first-order valence-corrected chi connectivity index (χ1v) is 11.1. The van der Waals surface area contributed by atoms with Crippen molar-refractivity contribution in [1.82, 2.24) is 4.31 Å². The Morgan fingerprint density at radius 3 is 2.54 bits per heavy atom. The Morgan fingerprint density at radius 2 is 1.82 bits per heavy atom. The van der Waals surface area contributed by atoms with Crippen LogP contribution in [-0.2, 0) is 16.4 Å². The number of amides is 1. The van der Waals surface area contributed by atoms with Crippen molar-refractivity contribution in [3.63, 3.8) is 0 Å². The first kappa shape index (κ1) is 20.3. The molecule has 0 fully saturated rings. The molecule has 2 aromatic carbocycles. The van der Waals surface area contributed by atoms with Crippen molar-refractivity contribution < 1.29 is 13.2 Å². The fourth-order valence-corrected chi connectivity index (χ4v) is 5.05. The third kappa shape index (κ3) is 4.86. The Bertz CT molecular complexity index is 1060. The molecule has 0 aliphatic carbocycles. The zero-order valence-corrected chi connectivity index (χ0v) is 17.4. The maximum Gasteiger partial charge on any atom is 0.265 e. The van der Waals surface area contributed by atoms with Crippen molar-refractivity contribution in [1.29, 1.82) is 0 Å². The van der Waals surface area contributed by atoms with Crippen LogP contribution in [0.3, 0.4) is 0 Å². The van der Waals surface area contributed by atoms with Crippen LogP contribution in [0.4, 0.5) is 5.69 Å². The van der Waals surface area contributed by atoms with Gasteiger partial charge in [-0.1, -0.05) is 42.5 Å². The highest BCUT2D eigenvalue weighted by Crippen LogP contribution is 2.23. The average molecular weight is 415 g/mol. The van der Waals surface area contributed by atoms with E-state index in [2.05, 4.69) is 5.32 Å². The smallest absolute Gasteiger partial charge is 0.265 e. The van der Waals surface area contributed by atoms with Crippen LogP contribution in [0.25, 0.3) is 0 Å². The van der Waals surface area contributed by atoms with Gasteiger partial charge in [-0.25, -0.2) is 12.7 Å². The van der Waals surface area contributed by atoms with Gasteiger partial charge in [0.05, 0.1) is 9.77 Å². The lowest BCUT2D eigenvalue weighted by molar-refractivity contribution is 0.103. The van der Waals surface area contributed by atoms with Gasteiger partial charge in [-0.3, -0.25) is 4.79 Å². The molecule has 3 aromatic rings. The van der Waals surface area contributed by atoms with Gasteiger partial charge in [-0.2, -0.15) is 0 Å². The van der Waals surface area contributed by atoms with Crippen LogP contribution >= 0.6 is 11.3 Å². The van der Waals surface area contributed by atoms with Gasteiger partial charge >= 0.3 is 0 Å². The molecule has 0 saturated heterocycles. The second-order valence-corrected chi connectivity index (χ2v) is 9.49. The number of carbonyl (C=O) groups excluding carboxylic acids is 1. The molecule has 0 bridgehead atoms. The van der Waals surface area contributed by atoms with E-state index in [-0.39, 0.29) is 10.8 Å². The number of nitrogens with one attached hydrogen (secondary N) is 1. The predicted octanol–water partition coefficient (Wildman–Crippen LogP) is 4.17. The van der Waals surface area contributed by atoms with E-state index in [0.717, 1.165) is 22.5 Å². The lowest BCUT2D eigenvalue weighted by Gasteiger charge is -2.16. The van der Waals surface area contributed by atoms with Crippen molar-refractivity contribution >= 4 is 33.0 Å². The minimum absolute atomic E-state index is 0.141. The fourth-order valence-electron chi connectivity index (χ4n) is 2.72. The number of nitrogens with zero attached hydrogens (tertiary/aromatic N) is 1. The maximum atomic E-state index is 12.8. The van der Waals surface area contributed by atoms with E-state index < -0.39 is 10.0 Å². The van der Waals surface area contributed by atoms with E-state index in [1.54, 1.807) is 13.1 Å². The number of anilines is 1. The summed E-state index contributed by atoms with van der Waals surface area (Å²) in [6.45, 7) is 2.31. The topological polar surface area (TPSA) is 66.5 Å². The molecular weight excluding hydrogens is 392 g/mol. The van der Waals surface area contributed by atoms with Crippen molar-refractivity contribution in [2.24, 2.45) is 0 Å². The zero-order valence-electron chi connectivity index (χ0n) is 15.8. The number of likely N-dealkylation sites (N-methyl/N-ethyl adjacent to an activating group) is 1. The van der Waals surface area contributed by atoms with E-state index in [0.29, 0.717) is 23.5 Å². The molecule has 0 spiro atoms. The number of aryl methyl sites for hydroxylation is 1. The predicted molar refractivity (Wildman–Crippen MR) is 113 cm³/mol. The molecule has 28 heavy (non-hydrogen) atoms. The van der Waals surface area contributed by atoms with Crippen LogP contribution in [-0.4, -0.2) is 32.2 Å². The molecule has 5 nitrogen and oxygen atoms in total. The molecule has 0 unspecified atom stereocenters. The molecule has 1 aromatic heterocycles. The first-order valence-electron chi connectivity index (χ1n) is 8.83. The SMILES string of the molecule is Cc1cccc(NC(=O)c2cc(S(=O)(=O)N(C)CCc3ccccc3)cs2)c1. The summed E-state index contributed by atoms with van der Waals surface area (Å²) < 4.78 is 26.9. The van der Waals surface area contributed by atoms with Gasteiger partial charge in [0.15, 0.2) is 0 Å². The highest BCUT2D eigenvalue weighted by Gasteiger charge is 2.23. The van der Waals surface area contributed by atoms with Gasteiger partial charge in [0, 0.05) is 24.7 Å². The lowest BCUT2D eigenvalue weighted by Crippen LogP contribution is -2.28. The number of benzene rings is 2. The second kappa shape index (κ2) is 8.68. The van der Waals surface area contributed by atoms with Crippen LogP contribution in [0.5, 0.6) is 0 Å². The molecule has 0 radical (unpaired) electrons. The Balaban J connectivity index is 1.68. The molecule has 7 heteroatoms. The Hall–Kier alpha value is -2.48. The highest BCUT2D eigenvalue weighted by molar-refractivity contribution is 7.89. The van der Waals surface area contributed by atoms with Crippen molar-refractivity contribution in [2.45, 2.75) is 18.2 Å². The van der Waals surface area contributed by atoms with E-state index in [9.17, 15) is 13.2 Å². The largest absolute Gasteiger partial charge is 0.321 e. The number of hydrogen-bond acceptors (Lipinski definition) is 4. The molecule has 0 atom stereocenters. The Labute approximate surface area is 169 Å². The van der Waals surface area contributed by atoms with Crippen LogP contribution in [0.2, 0.25) is 0 Å².